The predicted octanol–water partition coefficient (Wildman–Crippen LogP) is -0.0474. The minimum absolute atomic E-state index is 0.223. The monoisotopic (exact) mass is 331 g/mol. The van der Waals surface area contributed by atoms with Gasteiger partial charge in [0.2, 0.25) is 0 Å². The smallest absolute Gasteiger partial charge is 0.269 e. The van der Waals surface area contributed by atoms with Gasteiger partial charge in [0.15, 0.2) is 0 Å². The van der Waals surface area contributed by atoms with Crippen molar-refractivity contribution < 1.29 is 9.59 Å². The Bertz CT molecular complexity index is 537. The number of fused-ring (bicyclic) bond motifs is 10. The molecule has 130 valence electrons. The van der Waals surface area contributed by atoms with E-state index in [1.54, 1.807) is 18.2 Å². The Balaban J connectivity index is 1.67. The maximum Gasteiger partial charge on any atom is 0.269 e. The first kappa shape index (κ1) is 16.9. The van der Waals surface area contributed by atoms with Crippen molar-refractivity contribution in [2.45, 2.75) is 12.8 Å². The molecule has 3 aliphatic rings. The van der Waals surface area contributed by atoms with Gasteiger partial charge in [-0.15, -0.1) is 0 Å². The van der Waals surface area contributed by atoms with Crippen molar-refractivity contribution >= 4 is 11.8 Å². The van der Waals surface area contributed by atoms with Crippen LogP contribution in [0.1, 0.15) is 33.8 Å². The summed E-state index contributed by atoms with van der Waals surface area (Å²) in [5.74, 6) is -0.447. The Labute approximate surface area is 142 Å². The number of piperazine rings is 1. The van der Waals surface area contributed by atoms with E-state index < -0.39 is 0 Å². The maximum absolute atomic E-state index is 12.2. The summed E-state index contributed by atoms with van der Waals surface area (Å²) in [6, 6.07) is 4.97. The van der Waals surface area contributed by atoms with Crippen LogP contribution in [0.4, 0.5) is 0 Å². The Morgan fingerprint density at radius 2 is 1.21 bits per heavy atom. The third-order valence-electron chi connectivity index (χ3n) is 4.55. The van der Waals surface area contributed by atoms with Gasteiger partial charge in [0.25, 0.3) is 11.8 Å². The molecule has 2 N–H and O–H groups in total. The summed E-state index contributed by atoms with van der Waals surface area (Å²) in [6.45, 7) is 7.54. The van der Waals surface area contributed by atoms with Gasteiger partial charge in [-0.1, -0.05) is 6.07 Å². The Morgan fingerprint density at radius 1 is 0.750 bits per heavy atom. The lowest BCUT2D eigenvalue weighted by Crippen LogP contribution is -2.47. The Morgan fingerprint density at radius 3 is 1.67 bits per heavy atom. The normalized spacial score (nSPS) is 26.3. The second-order valence-corrected chi connectivity index (χ2v) is 6.31. The third-order valence-corrected chi connectivity index (χ3v) is 4.55. The molecule has 4 bridgehead atoms. The molecule has 0 aromatic carbocycles. The first-order chi connectivity index (χ1) is 11.7. The van der Waals surface area contributed by atoms with Gasteiger partial charge in [-0.05, 0) is 38.1 Å². The standard InChI is InChI=1S/C17H25N5O2/c23-16-14-4-1-5-15(20-14)17(24)19-7-3-9-22-12-10-21(11-13-22)8-2-6-18-16/h1,4-5H,2-3,6-13H2,(H,18,23)(H,19,24). The number of nitrogens with one attached hydrogen (secondary N) is 2. The second kappa shape index (κ2) is 8.21. The molecule has 0 spiro atoms. The molecule has 0 atom stereocenters. The SMILES string of the molecule is O=C1NCCCN2CCN(CCCNC(=O)c3cccc1n3)CC2. The number of amides is 2. The number of nitrogens with zero attached hydrogens (tertiary/aromatic N) is 3. The van der Waals surface area contributed by atoms with Crippen LogP contribution in [0.5, 0.6) is 0 Å². The number of rotatable bonds is 0. The average Bonchev–Trinajstić information content (AvgIpc) is 2.62. The number of carbonyl (C=O) groups excluding carboxylic acids is 2. The number of aromatic nitrogens is 1. The van der Waals surface area contributed by atoms with Crippen molar-refractivity contribution in [3.8, 4) is 0 Å². The molecule has 0 saturated carbocycles. The molecular formula is C17H25N5O2. The summed E-state index contributed by atoms with van der Waals surface area (Å²) in [5, 5.41) is 5.78. The lowest BCUT2D eigenvalue weighted by molar-refractivity contribution is 0.0942. The van der Waals surface area contributed by atoms with Gasteiger partial charge in [-0.3, -0.25) is 9.59 Å². The van der Waals surface area contributed by atoms with Crippen molar-refractivity contribution in [1.82, 2.24) is 25.4 Å². The molecule has 3 aliphatic heterocycles. The zero-order valence-electron chi connectivity index (χ0n) is 14.0. The van der Waals surface area contributed by atoms with Gasteiger partial charge in [0.05, 0.1) is 0 Å². The molecule has 0 unspecified atom stereocenters. The predicted molar refractivity (Wildman–Crippen MR) is 91.0 cm³/mol. The minimum Gasteiger partial charge on any atom is -0.351 e. The molecule has 4 heterocycles. The van der Waals surface area contributed by atoms with Crippen LogP contribution in [0, 0.1) is 0 Å². The summed E-state index contributed by atoms with van der Waals surface area (Å²) < 4.78 is 0. The maximum atomic E-state index is 12.2. The van der Waals surface area contributed by atoms with E-state index in [9.17, 15) is 9.59 Å². The molecule has 1 saturated heterocycles. The van der Waals surface area contributed by atoms with Crippen LogP contribution in [0.25, 0.3) is 0 Å². The number of hydrogen-bond donors (Lipinski definition) is 2. The summed E-state index contributed by atoms with van der Waals surface area (Å²) >= 11 is 0. The van der Waals surface area contributed by atoms with Crippen LogP contribution in [0.15, 0.2) is 18.2 Å². The average molecular weight is 331 g/mol. The van der Waals surface area contributed by atoms with E-state index in [1.807, 2.05) is 0 Å². The third kappa shape index (κ3) is 4.52. The minimum atomic E-state index is -0.223. The molecule has 0 radical (unpaired) electrons. The van der Waals surface area contributed by atoms with Crippen LogP contribution >= 0.6 is 0 Å². The summed E-state index contributed by atoms with van der Waals surface area (Å²) in [7, 11) is 0. The first-order valence-corrected chi connectivity index (χ1v) is 8.70. The summed E-state index contributed by atoms with van der Waals surface area (Å²) in [5.41, 5.74) is 0.582. The van der Waals surface area contributed by atoms with Crippen LogP contribution in [0.3, 0.4) is 0 Å². The molecule has 1 aromatic rings. The van der Waals surface area contributed by atoms with Crippen LogP contribution in [-0.2, 0) is 0 Å². The van der Waals surface area contributed by atoms with Crippen LogP contribution in [0.2, 0.25) is 0 Å². The van der Waals surface area contributed by atoms with Crippen LogP contribution in [-0.4, -0.2) is 79.0 Å². The highest BCUT2D eigenvalue weighted by atomic mass is 16.2. The van der Waals surface area contributed by atoms with E-state index in [0.717, 1.165) is 52.1 Å². The summed E-state index contributed by atoms with van der Waals surface area (Å²) in [6.07, 6.45) is 1.85. The summed E-state index contributed by atoms with van der Waals surface area (Å²) in [4.78, 5) is 33.4. The van der Waals surface area contributed by atoms with Gasteiger partial charge in [0.1, 0.15) is 11.4 Å². The highest BCUT2D eigenvalue weighted by Crippen LogP contribution is 2.04. The Kier molecular flexibility index (Phi) is 5.77. The van der Waals surface area contributed by atoms with Crippen molar-refractivity contribution in [2.75, 3.05) is 52.4 Å². The lowest BCUT2D eigenvalue weighted by atomic mass is 10.2. The fourth-order valence-corrected chi connectivity index (χ4v) is 3.11. The number of carbonyl (C=O) groups is 2. The van der Waals surface area contributed by atoms with Crippen LogP contribution < -0.4 is 10.6 Å². The zero-order chi connectivity index (χ0) is 16.8. The fourth-order valence-electron chi connectivity index (χ4n) is 3.11. The Hall–Kier alpha value is -1.99. The molecule has 24 heavy (non-hydrogen) atoms. The van der Waals surface area contributed by atoms with E-state index in [1.165, 1.54) is 0 Å². The van der Waals surface area contributed by atoms with Gasteiger partial charge in [0, 0.05) is 39.3 Å². The number of hydrogen-bond acceptors (Lipinski definition) is 5. The van der Waals surface area contributed by atoms with E-state index in [-0.39, 0.29) is 11.8 Å². The highest BCUT2D eigenvalue weighted by molar-refractivity contribution is 5.96. The lowest BCUT2D eigenvalue weighted by Gasteiger charge is -2.34. The van der Waals surface area contributed by atoms with E-state index >= 15 is 0 Å². The molecule has 7 nitrogen and oxygen atoms in total. The highest BCUT2D eigenvalue weighted by Gasteiger charge is 2.17. The van der Waals surface area contributed by atoms with E-state index in [2.05, 4.69) is 25.4 Å². The first-order valence-electron chi connectivity index (χ1n) is 8.70. The second-order valence-electron chi connectivity index (χ2n) is 6.31. The van der Waals surface area contributed by atoms with Crippen molar-refractivity contribution in [1.29, 1.82) is 0 Å². The van der Waals surface area contributed by atoms with Crippen molar-refractivity contribution in [3.05, 3.63) is 29.6 Å². The van der Waals surface area contributed by atoms with Crippen molar-refractivity contribution in [3.63, 3.8) is 0 Å². The molecule has 1 aromatic heterocycles. The zero-order valence-corrected chi connectivity index (χ0v) is 14.0. The molecular weight excluding hydrogens is 306 g/mol. The van der Waals surface area contributed by atoms with Gasteiger partial charge in [-0.2, -0.15) is 0 Å². The topological polar surface area (TPSA) is 77.6 Å². The molecule has 1 fully saturated rings. The van der Waals surface area contributed by atoms with Gasteiger partial charge in [-0.25, -0.2) is 4.98 Å². The molecule has 0 aliphatic carbocycles. The van der Waals surface area contributed by atoms with Gasteiger partial charge < -0.3 is 20.4 Å². The van der Waals surface area contributed by atoms with E-state index in [4.69, 9.17) is 0 Å². The quantitative estimate of drug-likeness (QED) is 0.697. The largest absolute Gasteiger partial charge is 0.351 e. The van der Waals surface area contributed by atoms with E-state index in [0.29, 0.717) is 24.5 Å². The van der Waals surface area contributed by atoms with Crippen molar-refractivity contribution in [2.24, 2.45) is 0 Å². The molecule has 4 rings (SSSR count). The fraction of sp³-hybridized carbons (Fsp3) is 0.588. The molecule has 7 heteroatoms. The number of pyridine rings is 1. The molecule has 2 amide bonds. The van der Waals surface area contributed by atoms with Gasteiger partial charge >= 0.3 is 0 Å².